The molecule has 0 atom stereocenters. The minimum absolute atomic E-state index is 0.707. The Kier molecular flexibility index (Phi) is 1.38. The van der Waals surface area contributed by atoms with Gasteiger partial charge in [-0.05, 0) is 12.1 Å². The second-order valence-electron chi connectivity index (χ2n) is 2.96. The molecule has 1 aliphatic heterocycles. The van der Waals surface area contributed by atoms with Gasteiger partial charge in [-0.1, -0.05) is 12.1 Å². The van der Waals surface area contributed by atoms with Gasteiger partial charge in [-0.15, -0.1) is 5.10 Å². The summed E-state index contributed by atoms with van der Waals surface area (Å²) in [6.07, 6.45) is 1.69. The van der Waals surface area contributed by atoms with E-state index < -0.39 is 0 Å². The molecule has 5 heteroatoms. The van der Waals surface area contributed by atoms with Crippen LogP contribution in [0.15, 0.2) is 29.3 Å². The van der Waals surface area contributed by atoms with E-state index in [2.05, 4.69) is 25.7 Å². The minimum atomic E-state index is 0.707. The molecule has 0 saturated heterocycles. The van der Waals surface area contributed by atoms with E-state index in [0.717, 1.165) is 17.1 Å². The fourth-order valence-electron chi connectivity index (χ4n) is 1.37. The van der Waals surface area contributed by atoms with Gasteiger partial charge in [0.05, 0.1) is 17.6 Å². The maximum Gasteiger partial charge on any atom is 0.181 e. The number of anilines is 2. The lowest BCUT2D eigenvalue weighted by molar-refractivity contribution is 0.939. The second-order valence-corrected chi connectivity index (χ2v) is 2.96. The molecule has 2 aromatic rings. The number of aromatic nitrogens is 3. The number of hydrogen-bond acceptors (Lipinski definition) is 4. The van der Waals surface area contributed by atoms with Crippen LogP contribution in [-0.4, -0.2) is 21.6 Å². The average Bonchev–Trinajstić information content (AvgIpc) is 2.58. The average molecular weight is 185 g/mol. The largest absolute Gasteiger partial charge is 0.335 e. The van der Waals surface area contributed by atoms with Crippen LogP contribution in [0.4, 0.5) is 17.2 Å². The van der Waals surface area contributed by atoms with E-state index in [4.69, 9.17) is 0 Å². The Labute approximate surface area is 79.9 Å². The van der Waals surface area contributed by atoms with Crippen molar-refractivity contribution < 1.29 is 0 Å². The van der Waals surface area contributed by atoms with Crippen molar-refractivity contribution in [2.45, 2.75) is 0 Å². The highest BCUT2D eigenvalue weighted by Gasteiger charge is 2.11. The Morgan fingerprint density at radius 1 is 1.07 bits per heavy atom. The molecule has 1 aromatic carbocycles. The number of hydrogen-bond donors (Lipinski definition) is 2. The van der Waals surface area contributed by atoms with Crippen molar-refractivity contribution in [3.8, 4) is 0 Å². The molecule has 0 saturated carbocycles. The van der Waals surface area contributed by atoms with Crippen LogP contribution in [0, 0.1) is 0 Å². The summed E-state index contributed by atoms with van der Waals surface area (Å²) in [5, 5.41) is 13.6. The zero-order valence-corrected chi connectivity index (χ0v) is 7.23. The summed E-state index contributed by atoms with van der Waals surface area (Å²) < 4.78 is 0. The van der Waals surface area contributed by atoms with Crippen LogP contribution in [0.5, 0.6) is 0 Å². The van der Waals surface area contributed by atoms with Crippen molar-refractivity contribution in [2.75, 3.05) is 5.32 Å². The van der Waals surface area contributed by atoms with E-state index in [-0.39, 0.29) is 0 Å². The van der Waals surface area contributed by atoms with E-state index >= 15 is 0 Å². The number of nitrogens with zero attached hydrogens (tertiary/aromatic N) is 3. The number of benzene rings is 1. The first kappa shape index (κ1) is 7.25. The third kappa shape index (κ3) is 0.990. The van der Waals surface area contributed by atoms with Crippen molar-refractivity contribution in [1.82, 2.24) is 15.4 Å². The minimum Gasteiger partial charge on any atom is -0.335 e. The topological polar surface area (TPSA) is 66.0 Å². The monoisotopic (exact) mass is 185 g/mol. The maximum absolute atomic E-state index is 4.29. The normalized spacial score (nSPS) is 12.6. The fourth-order valence-corrected chi connectivity index (χ4v) is 1.37. The number of aliphatic imine (C=N–C) groups is 1. The summed E-state index contributed by atoms with van der Waals surface area (Å²) in [5.74, 6) is 0.707. The van der Waals surface area contributed by atoms with Gasteiger partial charge in [-0.3, -0.25) is 4.99 Å². The third-order valence-electron chi connectivity index (χ3n) is 2.06. The predicted molar refractivity (Wildman–Crippen MR) is 53.4 cm³/mol. The maximum atomic E-state index is 4.29. The molecule has 1 aromatic heterocycles. The van der Waals surface area contributed by atoms with Crippen LogP contribution in [0.25, 0.3) is 0 Å². The highest BCUT2D eigenvalue weighted by molar-refractivity contribution is 5.91. The zero-order valence-electron chi connectivity index (χ0n) is 7.23. The summed E-state index contributed by atoms with van der Waals surface area (Å²) >= 11 is 0. The Bertz CT molecular complexity index is 499. The molecule has 2 heterocycles. The van der Waals surface area contributed by atoms with Gasteiger partial charge in [0, 0.05) is 0 Å². The number of rotatable bonds is 0. The Balaban J connectivity index is 2.19. The fraction of sp³-hybridized carbons (Fsp3) is 0. The van der Waals surface area contributed by atoms with Gasteiger partial charge in [0.25, 0.3) is 0 Å². The molecule has 14 heavy (non-hydrogen) atoms. The molecule has 0 fully saturated rings. The van der Waals surface area contributed by atoms with E-state index in [1.165, 1.54) is 0 Å². The summed E-state index contributed by atoms with van der Waals surface area (Å²) in [7, 11) is 0. The van der Waals surface area contributed by atoms with Gasteiger partial charge in [-0.25, -0.2) is 0 Å². The first-order chi connectivity index (χ1) is 6.93. The molecule has 5 nitrogen and oxygen atoms in total. The van der Waals surface area contributed by atoms with Crippen LogP contribution in [0.2, 0.25) is 0 Å². The van der Waals surface area contributed by atoms with Crippen molar-refractivity contribution in [3.63, 3.8) is 0 Å². The molecule has 2 N–H and O–H groups in total. The molecule has 0 radical (unpaired) electrons. The van der Waals surface area contributed by atoms with Crippen molar-refractivity contribution in [3.05, 3.63) is 30.0 Å². The summed E-state index contributed by atoms with van der Waals surface area (Å²) in [6.45, 7) is 0. The molecular weight excluding hydrogens is 178 g/mol. The van der Waals surface area contributed by atoms with E-state index in [9.17, 15) is 0 Å². The molecule has 1 aliphatic rings. The van der Waals surface area contributed by atoms with Gasteiger partial charge < -0.3 is 5.32 Å². The van der Waals surface area contributed by atoms with Crippen LogP contribution < -0.4 is 5.32 Å². The Morgan fingerprint density at radius 2 is 2.00 bits per heavy atom. The van der Waals surface area contributed by atoms with Gasteiger partial charge in [0.2, 0.25) is 0 Å². The molecule has 3 rings (SSSR count). The highest BCUT2D eigenvalue weighted by Crippen LogP contribution is 2.29. The molecular formula is C9H7N5. The van der Waals surface area contributed by atoms with Crippen molar-refractivity contribution in [2.24, 2.45) is 4.99 Å². The molecule has 0 amide bonds. The van der Waals surface area contributed by atoms with E-state index in [1.807, 2.05) is 24.3 Å². The molecule has 0 unspecified atom stereocenters. The summed E-state index contributed by atoms with van der Waals surface area (Å²) in [6, 6.07) is 7.79. The lowest BCUT2D eigenvalue weighted by Crippen LogP contribution is -1.91. The number of aromatic amines is 1. The van der Waals surface area contributed by atoms with Crippen molar-refractivity contribution in [1.29, 1.82) is 0 Å². The Morgan fingerprint density at radius 3 is 3.00 bits per heavy atom. The van der Waals surface area contributed by atoms with Crippen LogP contribution in [0.3, 0.4) is 0 Å². The third-order valence-corrected chi connectivity index (χ3v) is 2.06. The molecule has 0 spiro atoms. The van der Waals surface area contributed by atoms with Crippen LogP contribution in [0.1, 0.15) is 5.69 Å². The predicted octanol–water partition coefficient (Wildman–Crippen LogP) is 1.61. The zero-order chi connectivity index (χ0) is 9.38. The van der Waals surface area contributed by atoms with E-state index in [0.29, 0.717) is 5.82 Å². The Hall–Kier alpha value is -2.17. The van der Waals surface area contributed by atoms with Gasteiger partial charge >= 0.3 is 0 Å². The summed E-state index contributed by atoms with van der Waals surface area (Å²) in [5.41, 5.74) is 2.56. The smallest absolute Gasteiger partial charge is 0.181 e. The quantitative estimate of drug-likeness (QED) is 0.559. The van der Waals surface area contributed by atoms with Gasteiger partial charge in [-0.2, -0.15) is 10.3 Å². The SMILES string of the molecule is C1=Nc2ccccc2Nc2n[nH]nc21. The highest BCUT2D eigenvalue weighted by atomic mass is 15.4. The number of H-pyrrole nitrogens is 1. The molecule has 0 bridgehead atoms. The first-order valence-corrected chi connectivity index (χ1v) is 4.24. The first-order valence-electron chi connectivity index (χ1n) is 4.24. The number of nitrogens with one attached hydrogen (secondary N) is 2. The number of para-hydroxylation sites is 2. The summed E-state index contributed by atoms with van der Waals surface area (Å²) in [4.78, 5) is 4.29. The van der Waals surface area contributed by atoms with Crippen molar-refractivity contribution >= 4 is 23.4 Å². The second kappa shape index (κ2) is 2.66. The van der Waals surface area contributed by atoms with Crippen LogP contribution in [-0.2, 0) is 0 Å². The molecule has 68 valence electrons. The standard InChI is InChI=1S/C9H7N5/c1-2-4-7-6(3-1)10-5-8-9(11-7)13-14-12-8/h1-5H,(H2,11,12,13,14). The molecule has 0 aliphatic carbocycles. The lowest BCUT2D eigenvalue weighted by Gasteiger charge is -2.02. The van der Waals surface area contributed by atoms with Crippen LogP contribution >= 0.6 is 0 Å². The van der Waals surface area contributed by atoms with Gasteiger partial charge in [0.15, 0.2) is 5.82 Å². The van der Waals surface area contributed by atoms with E-state index in [1.54, 1.807) is 6.21 Å². The van der Waals surface area contributed by atoms with Gasteiger partial charge in [0.1, 0.15) is 5.69 Å². The lowest BCUT2D eigenvalue weighted by atomic mass is 10.3. The number of fused-ring (bicyclic) bond motifs is 2.